The molecule has 21 heavy (non-hydrogen) atoms. The molecule has 2 rings (SSSR count). The second-order valence-electron chi connectivity index (χ2n) is 5.62. The normalized spacial score (nSPS) is 17.9. The van der Waals surface area contributed by atoms with E-state index >= 15 is 0 Å². The van der Waals surface area contributed by atoms with Crippen LogP contribution in [0.25, 0.3) is 0 Å². The van der Waals surface area contributed by atoms with Crippen molar-refractivity contribution in [2.24, 2.45) is 0 Å². The highest BCUT2D eigenvalue weighted by molar-refractivity contribution is 7.92. The first-order chi connectivity index (χ1) is 9.68. The second kappa shape index (κ2) is 5.70. The first-order valence-electron chi connectivity index (χ1n) is 7.00. The van der Waals surface area contributed by atoms with Crippen molar-refractivity contribution in [3.05, 3.63) is 29.8 Å². The molecule has 1 heterocycles. The zero-order valence-corrected chi connectivity index (χ0v) is 14.1. The van der Waals surface area contributed by atoms with Crippen LogP contribution in [0, 0.1) is 0 Å². The van der Waals surface area contributed by atoms with Crippen LogP contribution in [0.5, 0.6) is 0 Å². The molecule has 1 fully saturated rings. The predicted molar refractivity (Wildman–Crippen MR) is 82.5 cm³/mol. The van der Waals surface area contributed by atoms with Gasteiger partial charge >= 0.3 is 0 Å². The fourth-order valence-corrected chi connectivity index (χ4v) is 5.24. The molecular formula is C14H21NO4S2. The highest BCUT2D eigenvalue weighted by Crippen LogP contribution is 2.26. The SMILES string of the molecule is CCS(=O)(=O)C1CN(S(=O)(=O)c2ccc(C(C)C)cc2)C1. The summed E-state index contributed by atoms with van der Waals surface area (Å²) < 4.78 is 49.4. The summed E-state index contributed by atoms with van der Waals surface area (Å²) in [7, 11) is -6.74. The lowest BCUT2D eigenvalue weighted by Gasteiger charge is -2.37. The van der Waals surface area contributed by atoms with Gasteiger partial charge in [0.1, 0.15) is 0 Å². The summed E-state index contributed by atoms with van der Waals surface area (Å²) in [4.78, 5) is 0.222. The van der Waals surface area contributed by atoms with E-state index in [1.165, 1.54) is 4.31 Å². The molecule has 0 N–H and O–H groups in total. The first kappa shape index (κ1) is 16.5. The zero-order valence-electron chi connectivity index (χ0n) is 12.5. The van der Waals surface area contributed by atoms with Crippen molar-refractivity contribution in [1.82, 2.24) is 4.31 Å². The number of hydrogen-bond donors (Lipinski definition) is 0. The minimum absolute atomic E-state index is 0.0502. The van der Waals surface area contributed by atoms with Crippen LogP contribution in [0.15, 0.2) is 29.2 Å². The lowest BCUT2D eigenvalue weighted by Crippen LogP contribution is -2.57. The molecule has 118 valence electrons. The molecule has 0 aromatic heterocycles. The van der Waals surface area contributed by atoms with E-state index in [1.807, 2.05) is 13.8 Å². The maximum absolute atomic E-state index is 12.4. The van der Waals surface area contributed by atoms with Gasteiger partial charge in [0.05, 0.1) is 10.1 Å². The summed E-state index contributed by atoms with van der Waals surface area (Å²) in [6, 6.07) is 6.79. The predicted octanol–water partition coefficient (Wildman–Crippen LogP) is 1.62. The number of sulfonamides is 1. The Labute approximate surface area is 126 Å². The standard InChI is InChI=1S/C14H21NO4S2/c1-4-20(16,17)14-9-15(10-14)21(18,19)13-7-5-12(6-8-13)11(2)3/h5-8,11,14H,4,9-10H2,1-3H3. The lowest BCUT2D eigenvalue weighted by atomic mass is 10.0. The highest BCUT2D eigenvalue weighted by atomic mass is 32.2. The smallest absolute Gasteiger partial charge is 0.228 e. The second-order valence-corrected chi connectivity index (χ2v) is 10.1. The van der Waals surface area contributed by atoms with Crippen LogP contribution in [-0.2, 0) is 19.9 Å². The Morgan fingerprint density at radius 1 is 1.10 bits per heavy atom. The van der Waals surface area contributed by atoms with Gasteiger partial charge in [0.2, 0.25) is 10.0 Å². The van der Waals surface area contributed by atoms with Crippen LogP contribution in [0.4, 0.5) is 0 Å². The van der Waals surface area contributed by atoms with Gasteiger partial charge in [0, 0.05) is 18.8 Å². The topological polar surface area (TPSA) is 71.5 Å². The van der Waals surface area contributed by atoms with Crippen molar-refractivity contribution >= 4 is 19.9 Å². The van der Waals surface area contributed by atoms with Gasteiger partial charge in [-0.2, -0.15) is 4.31 Å². The number of hydrogen-bond acceptors (Lipinski definition) is 4. The molecule has 0 bridgehead atoms. The van der Waals surface area contributed by atoms with Crippen molar-refractivity contribution in [1.29, 1.82) is 0 Å². The number of benzene rings is 1. The number of sulfone groups is 1. The molecule has 0 radical (unpaired) electrons. The van der Waals surface area contributed by atoms with Gasteiger partial charge in [-0.1, -0.05) is 32.9 Å². The first-order valence-corrected chi connectivity index (χ1v) is 10.2. The summed E-state index contributed by atoms with van der Waals surface area (Å²) in [6.45, 7) is 5.78. The molecule has 5 nitrogen and oxygen atoms in total. The minimum atomic E-state index is -3.58. The van der Waals surface area contributed by atoms with Crippen LogP contribution in [-0.4, -0.2) is 45.2 Å². The summed E-state index contributed by atoms with van der Waals surface area (Å²) in [5, 5.41) is -0.563. The van der Waals surface area contributed by atoms with Gasteiger partial charge in [-0.25, -0.2) is 16.8 Å². The molecule has 0 atom stereocenters. The van der Waals surface area contributed by atoms with E-state index in [4.69, 9.17) is 0 Å². The molecule has 1 aliphatic heterocycles. The fourth-order valence-electron chi connectivity index (χ4n) is 2.23. The van der Waals surface area contributed by atoms with Crippen LogP contribution in [0.1, 0.15) is 32.3 Å². The van der Waals surface area contributed by atoms with Crippen molar-refractivity contribution in [2.75, 3.05) is 18.8 Å². The number of rotatable bonds is 5. The van der Waals surface area contributed by atoms with Gasteiger partial charge < -0.3 is 0 Å². The lowest BCUT2D eigenvalue weighted by molar-refractivity contribution is 0.310. The quantitative estimate of drug-likeness (QED) is 0.822. The van der Waals surface area contributed by atoms with E-state index in [2.05, 4.69) is 0 Å². The van der Waals surface area contributed by atoms with Gasteiger partial charge in [-0.3, -0.25) is 0 Å². The van der Waals surface area contributed by atoms with Gasteiger partial charge in [0.15, 0.2) is 9.84 Å². The van der Waals surface area contributed by atoms with E-state index in [9.17, 15) is 16.8 Å². The Balaban J connectivity index is 2.14. The minimum Gasteiger partial charge on any atom is -0.228 e. The third kappa shape index (κ3) is 3.14. The molecular weight excluding hydrogens is 310 g/mol. The third-order valence-corrected chi connectivity index (χ3v) is 7.87. The van der Waals surface area contributed by atoms with Crippen molar-refractivity contribution < 1.29 is 16.8 Å². The Kier molecular flexibility index (Phi) is 4.46. The monoisotopic (exact) mass is 331 g/mol. The molecule has 1 aliphatic rings. The summed E-state index contributed by atoms with van der Waals surface area (Å²) in [6.07, 6.45) is 0. The summed E-state index contributed by atoms with van der Waals surface area (Å²) >= 11 is 0. The van der Waals surface area contributed by atoms with Crippen LogP contribution in [0.3, 0.4) is 0 Å². The molecule has 0 aliphatic carbocycles. The summed E-state index contributed by atoms with van der Waals surface area (Å²) in [5.41, 5.74) is 1.07. The van der Waals surface area contributed by atoms with Gasteiger partial charge in [0.25, 0.3) is 0 Å². The maximum Gasteiger partial charge on any atom is 0.243 e. The Morgan fingerprint density at radius 2 is 1.62 bits per heavy atom. The zero-order chi connectivity index (χ0) is 15.8. The average Bonchev–Trinajstić information content (AvgIpc) is 2.36. The highest BCUT2D eigenvalue weighted by Gasteiger charge is 2.42. The van der Waals surface area contributed by atoms with Gasteiger partial charge in [-0.15, -0.1) is 0 Å². The van der Waals surface area contributed by atoms with E-state index in [1.54, 1.807) is 31.2 Å². The van der Waals surface area contributed by atoms with E-state index in [0.717, 1.165) is 5.56 Å². The molecule has 1 aromatic carbocycles. The molecule has 0 saturated carbocycles. The van der Waals surface area contributed by atoms with E-state index in [-0.39, 0.29) is 23.7 Å². The van der Waals surface area contributed by atoms with Crippen LogP contribution >= 0.6 is 0 Å². The van der Waals surface area contributed by atoms with Gasteiger partial charge in [-0.05, 0) is 23.6 Å². The van der Waals surface area contributed by atoms with Crippen molar-refractivity contribution in [3.63, 3.8) is 0 Å². The van der Waals surface area contributed by atoms with Crippen LogP contribution in [0.2, 0.25) is 0 Å². The maximum atomic E-state index is 12.4. The Hall–Kier alpha value is -0.920. The van der Waals surface area contributed by atoms with Crippen molar-refractivity contribution in [3.8, 4) is 0 Å². The largest absolute Gasteiger partial charge is 0.243 e. The Morgan fingerprint density at radius 3 is 2.05 bits per heavy atom. The summed E-state index contributed by atoms with van der Waals surface area (Å²) in [5.74, 6) is 0.388. The molecule has 0 spiro atoms. The molecule has 0 unspecified atom stereocenters. The molecule has 1 saturated heterocycles. The molecule has 1 aromatic rings. The van der Waals surface area contributed by atoms with Crippen molar-refractivity contribution in [2.45, 2.75) is 36.8 Å². The van der Waals surface area contributed by atoms with E-state index < -0.39 is 25.1 Å². The average molecular weight is 331 g/mol. The van der Waals surface area contributed by atoms with Crippen LogP contribution < -0.4 is 0 Å². The molecule has 7 heteroatoms. The fraction of sp³-hybridized carbons (Fsp3) is 0.571. The third-order valence-electron chi connectivity index (χ3n) is 3.91. The number of nitrogens with zero attached hydrogens (tertiary/aromatic N) is 1. The molecule has 0 amide bonds. The Bertz CT molecular complexity index is 700. The van der Waals surface area contributed by atoms with E-state index in [0.29, 0.717) is 5.92 Å².